The molecule has 0 fully saturated rings. The maximum absolute atomic E-state index is 13.2. The Labute approximate surface area is 216 Å². The number of nitro groups is 1. The van der Waals surface area contributed by atoms with E-state index in [1.165, 1.54) is 29.0 Å². The molecule has 4 rings (SSSR count). The van der Waals surface area contributed by atoms with Gasteiger partial charge in [0, 0.05) is 16.1 Å². The maximum atomic E-state index is 13.2. The summed E-state index contributed by atoms with van der Waals surface area (Å²) in [7, 11) is 0. The highest BCUT2D eigenvalue weighted by Crippen LogP contribution is 2.25. The topological polar surface area (TPSA) is 119 Å². The third-order valence-corrected chi connectivity index (χ3v) is 6.52. The first-order valence-electron chi connectivity index (χ1n) is 10.00. The zero-order valence-corrected chi connectivity index (χ0v) is 20.9. The summed E-state index contributed by atoms with van der Waals surface area (Å²) in [5.74, 6) is -0.515. The van der Waals surface area contributed by atoms with E-state index in [1.54, 1.807) is 36.4 Å². The van der Waals surface area contributed by atoms with Gasteiger partial charge in [-0.05, 0) is 42.5 Å². The average molecular weight is 573 g/mol. The lowest BCUT2D eigenvalue weighted by molar-refractivity contribution is -0.384. The first-order valence-corrected chi connectivity index (χ1v) is 12.2. The Bertz CT molecular complexity index is 1530. The van der Waals surface area contributed by atoms with Gasteiger partial charge in [0.1, 0.15) is 5.02 Å². The Balaban J connectivity index is 1.53. The van der Waals surface area contributed by atoms with Crippen molar-refractivity contribution >= 4 is 68.0 Å². The molecule has 0 aliphatic heterocycles. The van der Waals surface area contributed by atoms with E-state index in [1.807, 2.05) is 12.1 Å². The number of fused-ring (bicyclic) bond motifs is 1. The van der Waals surface area contributed by atoms with Gasteiger partial charge in [-0.15, -0.1) is 0 Å². The number of para-hydroxylation sites is 1. The number of thioether (sulfide) groups is 1. The van der Waals surface area contributed by atoms with Gasteiger partial charge in [-0.1, -0.05) is 57.5 Å². The fourth-order valence-corrected chi connectivity index (χ4v) is 4.37. The largest absolute Gasteiger partial charge is 0.288 e. The smallest absolute Gasteiger partial charge is 0.272 e. The predicted octanol–water partition coefficient (Wildman–Crippen LogP) is 4.95. The van der Waals surface area contributed by atoms with Crippen LogP contribution < -0.4 is 11.0 Å². The number of carbonyl (C=O) groups excluding carboxylic acids is 1. The van der Waals surface area contributed by atoms with Gasteiger partial charge in [0.05, 0.1) is 33.5 Å². The lowest BCUT2D eigenvalue weighted by atomic mass is 10.2. The second-order valence-electron chi connectivity index (χ2n) is 7.08. The number of nitrogens with one attached hydrogen (secondary N) is 1. The highest BCUT2D eigenvalue weighted by Gasteiger charge is 2.15. The van der Waals surface area contributed by atoms with Gasteiger partial charge in [-0.25, -0.2) is 10.4 Å². The molecule has 3 aromatic carbocycles. The third-order valence-electron chi connectivity index (χ3n) is 4.73. The highest BCUT2D eigenvalue weighted by atomic mass is 79.9. The Morgan fingerprint density at radius 1 is 1.20 bits per heavy atom. The van der Waals surface area contributed by atoms with Crippen LogP contribution in [0.3, 0.4) is 0 Å². The van der Waals surface area contributed by atoms with Gasteiger partial charge in [0.2, 0.25) is 0 Å². The Morgan fingerprint density at radius 3 is 2.69 bits per heavy atom. The van der Waals surface area contributed by atoms with Crippen molar-refractivity contribution in [1.82, 2.24) is 15.0 Å². The van der Waals surface area contributed by atoms with Crippen molar-refractivity contribution < 1.29 is 9.72 Å². The molecule has 0 bridgehead atoms. The zero-order chi connectivity index (χ0) is 24.9. The molecule has 12 heteroatoms. The van der Waals surface area contributed by atoms with Crippen LogP contribution in [0.5, 0.6) is 0 Å². The van der Waals surface area contributed by atoms with Gasteiger partial charge in [-0.2, -0.15) is 5.10 Å². The minimum absolute atomic E-state index is 0.00675. The number of hydrogen-bond donors (Lipinski definition) is 1. The van der Waals surface area contributed by atoms with E-state index in [2.05, 4.69) is 31.4 Å². The molecular formula is C23H15BrClN5O4S. The van der Waals surface area contributed by atoms with E-state index in [-0.39, 0.29) is 22.0 Å². The summed E-state index contributed by atoms with van der Waals surface area (Å²) in [6.45, 7) is 0. The second-order valence-corrected chi connectivity index (χ2v) is 9.34. The second kappa shape index (κ2) is 10.8. The molecule has 0 saturated heterocycles. The summed E-state index contributed by atoms with van der Waals surface area (Å²) < 4.78 is 2.32. The van der Waals surface area contributed by atoms with Gasteiger partial charge in [0.25, 0.3) is 17.2 Å². The molecular weight excluding hydrogens is 558 g/mol. The summed E-state index contributed by atoms with van der Waals surface area (Å²) in [5.41, 5.74) is 3.40. The molecule has 176 valence electrons. The zero-order valence-electron chi connectivity index (χ0n) is 17.7. The summed E-state index contributed by atoms with van der Waals surface area (Å²) in [4.78, 5) is 40.6. The minimum atomic E-state index is -0.601. The lowest BCUT2D eigenvalue weighted by Gasteiger charge is -2.13. The molecule has 9 nitrogen and oxygen atoms in total. The van der Waals surface area contributed by atoms with Gasteiger partial charge < -0.3 is 0 Å². The van der Waals surface area contributed by atoms with Crippen LogP contribution in [0, 0.1) is 10.1 Å². The summed E-state index contributed by atoms with van der Waals surface area (Å²) in [5, 5.41) is 15.7. The molecule has 1 amide bonds. The van der Waals surface area contributed by atoms with Crippen molar-refractivity contribution in [3.63, 3.8) is 0 Å². The van der Waals surface area contributed by atoms with E-state index in [4.69, 9.17) is 11.6 Å². The number of amides is 1. The Kier molecular flexibility index (Phi) is 7.59. The van der Waals surface area contributed by atoms with Crippen LogP contribution in [0.15, 0.2) is 86.3 Å². The van der Waals surface area contributed by atoms with Crippen LogP contribution in [0.4, 0.5) is 5.69 Å². The third kappa shape index (κ3) is 5.76. The number of aromatic nitrogens is 2. The SMILES string of the molecule is O=C(CSc1nc2ccccc2c(=O)n1-c1ccc(Br)cc1)NN=Cc1ccc(Cl)c([N+](=O)[O-])c1. The average Bonchev–Trinajstić information content (AvgIpc) is 2.84. The van der Waals surface area contributed by atoms with E-state index in [9.17, 15) is 19.7 Å². The molecule has 0 spiro atoms. The van der Waals surface area contributed by atoms with Crippen LogP contribution in [-0.4, -0.2) is 32.3 Å². The standard InChI is InChI=1S/C23H15BrClN5O4S/c24-15-6-8-16(9-7-15)29-22(32)17-3-1-2-4-19(17)27-23(29)35-13-21(31)28-26-12-14-5-10-18(25)20(11-14)30(33)34/h1-12H,13H2,(H,28,31). The van der Waals surface area contributed by atoms with Crippen LogP contribution in [0.25, 0.3) is 16.6 Å². The molecule has 0 unspecified atom stereocenters. The fraction of sp³-hybridized carbons (Fsp3) is 0.0435. The molecule has 4 aromatic rings. The molecule has 0 saturated carbocycles. The number of hydrogen-bond acceptors (Lipinski definition) is 7. The molecule has 0 radical (unpaired) electrons. The molecule has 1 aromatic heterocycles. The van der Waals surface area contributed by atoms with Crippen molar-refractivity contribution in [1.29, 1.82) is 0 Å². The molecule has 1 heterocycles. The fourth-order valence-electron chi connectivity index (χ4n) is 3.12. The number of rotatable bonds is 7. The van der Waals surface area contributed by atoms with Crippen LogP contribution in [-0.2, 0) is 4.79 Å². The predicted molar refractivity (Wildman–Crippen MR) is 140 cm³/mol. The van der Waals surface area contributed by atoms with E-state index in [0.717, 1.165) is 16.2 Å². The first kappa shape index (κ1) is 24.6. The summed E-state index contributed by atoms with van der Waals surface area (Å²) >= 11 is 10.3. The summed E-state index contributed by atoms with van der Waals surface area (Å²) in [6, 6.07) is 18.4. The Hall–Kier alpha value is -3.54. The van der Waals surface area contributed by atoms with Crippen molar-refractivity contribution in [2.45, 2.75) is 5.16 Å². The first-order chi connectivity index (χ1) is 16.8. The van der Waals surface area contributed by atoms with Gasteiger partial charge in [-0.3, -0.25) is 24.3 Å². The lowest BCUT2D eigenvalue weighted by Crippen LogP contribution is -2.24. The maximum Gasteiger partial charge on any atom is 0.288 e. The normalized spacial score (nSPS) is 11.1. The monoisotopic (exact) mass is 571 g/mol. The molecule has 0 aliphatic carbocycles. The molecule has 35 heavy (non-hydrogen) atoms. The van der Waals surface area contributed by atoms with Crippen LogP contribution >= 0.6 is 39.3 Å². The van der Waals surface area contributed by atoms with E-state index in [0.29, 0.717) is 27.3 Å². The van der Waals surface area contributed by atoms with Crippen molar-refractivity contribution in [2.75, 3.05) is 5.75 Å². The Morgan fingerprint density at radius 2 is 1.94 bits per heavy atom. The van der Waals surface area contributed by atoms with Crippen molar-refractivity contribution in [3.05, 3.63) is 102 Å². The van der Waals surface area contributed by atoms with E-state index < -0.39 is 10.8 Å². The van der Waals surface area contributed by atoms with Crippen molar-refractivity contribution in [2.24, 2.45) is 5.10 Å². The number of carbonyl (C=O) groups is 1. The van der Waals surface area contributed by atoms with E-state index >= 15 is 0 Å². The van der Waals surface area contributed by atoms with Crippen LogP contribution in [0.1, 0.15) is 5.56 Å². The molecule has 1 N–H and O–H groups in total. The number of nitro benzene ring substituents is 1. The van der Waals surface area contributed by atoms with Gasteiger partial charge in [0.15, 0.2) is 5.16 Å². The quantitative estimate of drug-likeness (QED) is 0.110. The molecule has 0 aliphatic rings. The van der Waals surface area contributed by atoms with Crippen LogP contribution in [0.2, 0.25) is 5.02 Å². The summed E-state index contributed by atoms with van der Waals surface area (Å²) in [6.07, 6.45) is 1.28. The number of halogens is 2. The highest BCUT2D eigenvalue weighted by molar-refractivity contribution is 9.10. The van der Waals surface area contributed by atoms with Gasteiger partial charge >= 0.3 is 0 Å². The minimum Gasteiger partial charge on any atom is -0.272 e. The molecule has 0 atom stereocenters. The number of hydrazone groups is 1. The van der Waals surface area contributed by atoms with Crippen molar-refractivity contribution in [3.8, 4) is 5.69 Å². The number of benzene rings is 3. The number of nitrogens with zero attached hydrogens (tertiary/aromatic N) is 4.